The van der Waals surface area contributed by atoms with Crippen molar-refractivity contribution < 1.29 is 5.11 Å². The van der Waals surface area contributed by atoms with Crippen LogP contribution in [0.1, 0.15) is 24.0 Å². The number of aromatic hydroxyl groups is 1. The molecule has 21 heavy (non-hydrogen) atoms. The summed E-state index contributed by atoms with van der Waals surface area (Å²) in [6.45, 7) is 2.85. The number of nitrogens with zero attached hydrogens (tertiary/aromatic N) is 1. The molecule has 1 aromatic heterocycles. The Morgan fingerprint density at radius 3 is 2.62 bits per heavy atom. The molecule has 3 heteroatoms. The average molecular weight is 278 g/mol. The minimum atomic E-state index is 0.173. The Morgan fingerprint density at radius 1 is 1.10 bits per heavy atom. The van der Waals surface area contributed by atoms with Gasteiger partial charge in [0, 0.05) is 29.6 Å². The number of H-pyrrole nitrogens is 1. The summed E-state index contributed by atoms with van der Waals surface area (Å²) in [7, 11) is 0. The number of hydrogen-bond donors (Lipinski definition) is 2. The number of rotatable bonds is 4. The highest BCUT2D eigenvalue weighted by Gasteiger charge is 2.08. The molecule has 0 aliphatic rings. The molecule has 0 saturated heterocycles. The fraction of sp³-hybridized carbons (Fsp3) is 0.167. The van der Waals surface area contributed by atoms with E-state index in [9.17, 15) is 5.11 Å². The number of aromatic nitrogens is 1. The molecule has 3 nitrogen and oxygen atoms in total. The van der Waals surface area contributed by atoms with Crippen LogP contribution in [0.15, 0.2) is 59.6 Å². The lowest BCUT2D eigenvalue weighted by atomic mass is 10.0. The molecule has 0 aliphatic heterocycles. The van der Waals surface area contributed by atoms with Gasteiger partial charge in [-0.3, -0.25) is 4.99 Å². The summed E-state index contributed by atoms with van der Waals surface area (Å²) in [6.07, 6.45) is 1.76. The van der Waals surface area contributed by atoms with Gasteiger partial charge in [-0.05, 0) is 11.6 Å². The molecule has 2 aromatic carbocycles. The number of para-hydroxylation sites is 1. The lowest BCUT2D eigenvalue weighted by Gasteiger charge is -2.07. The first kappa shape index (κ1) is 13.4. The van der Waals surface area contributed by atoms with Crippen LogP contribution in [0.4, 0.5) is 0 Å². The fourth-order valence-electron chi connectivity index (χ4n) is 2.47. The first-order valence-corrected chi connectivity index (χ1v) is 7.10. The summed E-state index contributed by atoms with van der Waals surface area (Å²) < 4.78 is 0. The van der Waals surface area contributed by atoms with E-state index in [1.54, 1.807) is 6.21 Å². The number of aliphatic imine (C=N–C) groups is 1. The Balaban J connectivity index is 1.78. The molecule has 106 valence electrons. The molecule has 0 fully saturated rings. The third kappa shape index (κ3) is 2.82. The largest absolute Gasteiger partial charge is 0.494 e. The van der Waals surface area contributed by atoms with Crippen molar-refractivity contribution >= 4 is 17.1 Å². The Kier molecular flexibility index (Phi) is 3.73. The molecule has 0 amide bonds. The number of hydrogen-bond acceptors (Lipinski definition) is 2. The summed E-state index contributed by atoms with van der Waals surface area (Å²) in [4.78, 5) is 7.46. The molecular formula is C18H18N2O. The molecule has 2 N–H and O–H groups in total. The SMILES string of the molecule is C[C@@H](CN=Cc1c(O)[nH]c2ccccc12)c1ccccc1. The summed E-state index contributed by atoms with van der Waals surface area (Å²) in [6, 6.07) is 18.2. The maximum absolute atomic E-state index is 9.97. The van der Waals surface area contributed by atoms with Gasteiger partial charge in [-0.2, -0.15) is 0 Å². The van der Waals surface area contributed by atoms with Crippen molar-refractivity contribution in [1.29, 1.82) is 0 Å². The van der Waals surface area contributed by atoms with Gasteiger partial charge in [0.1, 0.15) is 0 Å². The first-order valence-electron chi connectivity index (χ1n) is 7.10. The number of aromatic amines is 1. The highest BCUT2D eigenvalue weighted by molar-refractivity contribution is 6.01. The number of fused-ring (bicyclic) bond motifs is 1. The van der Waals surface area contributed by atoms with Gasteiger partial charge in [0.15, 0.2) is 5.88 Å². The number of nitrogens with one attached hydrogen (secondary N) is 1. The van der Waals surface area contributed by atoms with Crippen LogP contribution in [0.3, 0.4) is 0 Å². The molecule has 0 spiro atoms. The van der Waals surface area contributed by atoms with Crippen molar-refractivity contribution in [3.05, 3.63) is 65.7 Å². The molecule has 1 atom stereocenters. The predicted molar refractivity (Wildman–Crippen MR) is 87.3 cm³/mol. The van der Waals surface area contributed by atoms with Crippen molar-refractivity contribution in [1.82, 2.24) is 4.98 Å². The van der Waals surface area contributed by atoms with Crippen LogP contribution < -0.4 is 0 Å². The maximum atomic E-state index is 9.97. The zero-order chi connectivity index (χ0) is 14.7. The van der Waals surface area contributed by atoms with Crippen LogP contribution in [-0.4, -0.2) is 22.8 Å². The summed E-state index contributed by atoms with van der Waals surface area (Å²) >= 11 is 0. The van der Waals surface area contributed by atoms with Gasteiger partial charge in [0.05, 0.1) is 5.56 Å². The van der Waals surface area contributed by atoms with Crippen LogP contribution in [0, 0.1) is 0 Å². The molecule has 0 aliphatic carbocycles. The van der Waals surface area contributed by atoms with Crippen molar-refractivity contribution in [2.24, 2.45) is 4.99 Å². The van der Waals surface area contributed by atoms with Crippen LogP contribution in [-0.2, 0) is 0 Å². The molecule has 3 rings (SSSR count). The van der Waals surface area contributed by atoms with E-state index in [0.29, 0.717) is 12.5 Å². The topological polar surface area (TPSA) is 48.4 Å². The van der Waals surface area contributed by atoms with Crippen molar-refractivity contribution in [3.8, 4) is 5.88 Å². The normalized spacial score (nSPS) is 13.0. The minimum Gasteiger partial charge on any atom is -0.494 e. The molecule has 0 bridgehead atoms. The van der Waals surface area contributed by atoms with Gasteiger partial charge >= 0.3 is 0 Å². The second kappa shape index (κ2) is 5.83. The third-order valence-electron chi connectivity index (χ3n) is 3.69. The van der Waals surface area contributed by atoms with E-state index in [1.165, 1.54) is 5.56 Å². The monoisotopic (exact) mass is 278 g/mol. The van der Waals surface area contributed by atoms with Crippen LogP contribution in [0.2, 0.25) is 0 Å². The Morgan fingerprint density at radius 2 is 1.81 bits per heavy atom. The third-order valence-corrected chi connectivity index (χ3v) is 3.69. The van der Waals surface area contributed by atoms with Gasteiger partial charge in [-0.1, -0.05) is 55.5 Å². The quantitative estimate of drug-likeness (QED) is 0.694. The highest BCUT2D eigenvalue weighted by Crippen LogP contribution is 2.25. The Hall–Kier alpha value is -2.55. The van der Waals surface area contributed by atoms with E-state index >= 15 is 0 Å². The summed E-state index contributed by atoms with van der Waals surface area (Å²) in [5.41, 5.74) is 2.95. The van der Waals surface area contributed by atoms with E-state index in [0.717, 1.165) is 16.5 Å². The second-order valence-corrected chi connectivity index (χ2v) is 5.24. The standard InChI is InChI=1S/C18H18N2O/c1-13(14-7-3-2-4-8-14)11-19-12-16-15-9-5-6-10-17(15)20-18(16)21/h2-10,12-13,20-21H,11H2,1H3/t13-/m0/s1. The zero-order valence-corrected chi connectivity index (χ0v) is 12.0. The Bertz CT molecular complexity index is 759. The van der Waals surface area contributed by atoms with E-state index in [-0.39, 0.29) is 5.88 Å². The lowest BCUT2D eigenvalue weighted by molar-refractivity contribution is 0.457. The lowest BCUT2D eigenvalue weighted by Crippen LogP contribution is -1.97. The van der Waals surface area contributed by atoms with Gasteiger partial charge in [-0.25, -0.2) is 0 Å². The first-order chi connectivity index (χ1) is 10.3. The molecule has 0 radical (unpaired) electrons. The average Bonchev–Trinajstić information content (AvgIpc) is 2.84. The maximum Gasteiger partial charge on any atom is 0.198 e. The van der Waals surface area contributed by atoms with Crippen molar-refractivity contribution in [2.75, 3.05) is 6.54 Å². The minimum absolute atomic E-state index is 0.173. The molecule has 3 aromatic rings. The fourth-order valence-corrected chi connectivity index (χ4v) is 2.47. The predicted octanol–water partition coefficient (Wildman–Crippen LogP) is 4.10. The molecule has 0 unspecified atom stereocenters. The van der Waals surface area contributed by atoms with Crippen LogP contribution >= 0.6 is 0 Å². The Labute approximate surface area is 124 Å². The molecule has 0 saturated carbocycles. The van der Waals surface area contributed by atoms with E-state index in [1.807, 2.05) is 42.5 Å². The van der Waals surface area contributed by atoms with Gasteiger partial charge in [-0.15, -0.1) is 0 Å². The smallest absolute Gasteiger partial charge is 0.198 e. The zero-order valence-electron chi connectivity index (χ0n) is 12.0. The molecular weight excluding hydrogens is 260 g/mol. The van der Waals surface area contributed by atoms with Crippen molar-refractivity contribution in [2.45, 2.75) is 12.8 Å². The van der Waals surface area contributed by atoms with E-state index in [4.69, 9.17) is 0 Å². The number of benzene rings is 2. The van der Waals surface area contributed by atoms with E-state index < -0.39 is 0 Å². The van der Waals surface area contributed by atoms with Crippen molar-refractivity contribution in [3.63, 3.8) is 0 Å². The van der Waals surface area contributed by atoms with Crippen LogP contribution in [0.5, 0.6) is 5.88 Å². The van der Waals surface area contributed by atoms with Gasteiger partial charge in [0.25, 0.3) is 0 Å². The van der Waals surface area contributed by atoms with Gasteiger partial charge in [0.2, 0.25) is 0 Å². The van der Waals surface area contributed by atoms with E-state index in [2.05, 4.69) is 29.0 Å². The highest BCUT2D eigenvalue weighted by atomic mass is 16.3. The van der Waals surface area contributed by atoms with Crippen LogP contribution in [0.25, 0.3) is 10.9 Å². The summed E-state index contributed by atoms with van der Waals surface area (Å²) in [5.74, 6) is 0.530. The molecule has 1 heterocycles. The van der Waals surface area contributed by atoms with Gasteiger partial charge < -0.3 is 10.1 Å². The second-order valence-electron chi connectivity index (χ2n) is 5.24. The summed E-state index contributed by atoms with van der Waals surface area (Å²) in [5, 5.41) is 11.0.